The summed E-state index contributed by atoms with van der Waals surface area (Å²) >= 11 is 0. The van der Waals surface area contributed by atoms with E-state index in [0.717, 1.165) is 24.3 Å². The predicted octanol–water partition coefficient (Wildman–Crippen LogP) is 8.06. The first-order chi connectivity index (χ1) is 14.0. The zero-order valence-electron chi connectivity index (χ0n) is 20.5. The van der Waals surface area contributed by atoms with Crippen LogP contribution in [0.5, 0.6) is 11.5 Å². The number of hydrogen-bond acceptors (Lipinski definition) is 2. The van der Waals surface area contributed by atoms with Crippen LogP contribution in [0.3, 0.4) is 0 Å². The van der Waals surface area contributed by atoms with Gasteiger partial charge in [0.1, 0.15) is 11.5 Å². The highest BCUT2D eigenvalue weighted by molar-refractivity contribution is 6.74. The van der Waals surface area contributed by atoms with E-state index in [1.165, 1.54) is 46.2 Å². The van der Waals surface area contributed by atoms with Crippen LogP contribution < -0.4 is 9.16 Å². The summed E-state index contributed by atoms with van der Waals surface area (Å²) in [5, 5.41) is 0.150. The van der Waals surface area contributed by atoms with Gasteiger partial charge in [-0.15, -0.1) is 0 Å². The number of fused-ring (bicyclic) bond motifs is 1. The van der Waals surface area contributed by atoms with Crippen molar-refractivity contribution in [2.45, 2.75) is 91.3 Å². The number of rotatable bonds is 5. The van der Waals surface area contributed by atoms with Crippen molar-refractivity contribution in [2.24, 2.45) is 0 Å². The van der Waals surface area contributed by atoms with Gasteiger partial charge in [-0.3, -0.25) is 0 Å². The van der Waals surface area contributed by atoms with Crippen molar-refractivity contribution >= 4 is 8.32 Å². The Balaban J connectivity index is 2.38. The zero-order chi connectivity index (χ0) is 22.3. The van der Waals surface area contributed by atoms with E-state index in [1.54, 1.807) is 0 Å². The Morgan fingerprint density at radius 3 is 2.03 bits per heavy atom. The van der Waals surface area contributed by atoms with Crippen molar-refractivity contribution in [1.82, 2.24) is 0 Å². The second-order valence-electron chi connectivity index (χ2n) is 10.6. The van der Waals surface area contributed by atoms with Crippen LogP contribution in [0.2, 0.25) is 18.1 Å². The minimum atomic E-state index is -2.01. The standard InChI is InChI=1S/C27H40O2Si/c1-18(2)20-14-10-11-15-21(20)24-19(3)25(28-7)22-16-12-13-17-23(22)26(24)29-30(8,9)27(4,5)6/h10-11,14-15,18H,12-13,16-17H2,1-9H3. The molecule has 0 N–H and O–H groups in total. The topological polar surface area (TPSA) is 18.5 Å². The number of hydrogen-bond donors (Lipinski definition) is 0. The van der Waals surface area contributed by atoms with E-state index in [2.05, 4.69) is 78.9 Å². The molecular weight excluding hydrogens is 384 g/mol. The summed E-state index contributed by atoms with van der Waals surface area (Å²) < 4.78 is 13.2. The summed E-state index contributed by atoms with van der Waals surface area (Å²) in [7, 11) is -0.182. The van der Waals surface area contributed by atoms with Crippen LogP contribution in [0, 0.1) is 6.92 Å². The average Bonchev–Trinajstić information content (AvgIpc) is 2.67. The lowest BCUT2D eigenvalue weighted by molar-refractivity contribution is 0.400. The van der Waals surface area contributed by atoms with Gasteiger partial charge in [-0.1, -0.05) is 58.9 Å². The zero-order valence-corrected chi connectivity index (χ0v) is 21.5. The van der Waals surface area contributed by atoms with Gasteiger partial charge in [-0.25, -0.2) is 0 Å². The molecular formula is C27H40O2Si. The van der Waals surface area contributed by atoms with Crippen molar-refractivity contribution in [3.05, 3.63) is 46.5 Å². The van der Waals surface area contributed by atoms with Crippen molar-refractivity contribution in [1.29, 1.82) is 0 Å². The fourth-order valence-electron chi connectivity index (χ4n) is 4.42. The van der Waals surface area contributed by atoms with Gasteiger partial charge in [0, 0.05) is 22.3 Å². The first kappa shape index (κ1) is 22.9. The molecule has 0 heterocycles. The lowest BCUT2D eigenvalue weighted by atomic mass is 9.82. The summed E-state index contributed by atoms with van der Waals surface area (Å²) in [5.41, 5.74) is 7.91. The largest absolute Gasteiger partial charge is 0.543 e. The van der Waals surface area contributed by atoms with Gasteiger partial charge >= 0.3 is 0 Å². The summed E-state index contributed by atoms with van der Waals surface area (Å²) in [6, 6.07) is 8.84. The van der Waals surface area contributed by atoms with E-state index in [4.69, 9.17) is 9.16 Å². The molecule has 0 saturated heterocycles. The van der Waals surface area contributed by atoms with E-state index in [9.17, 15) is 0 Å². The Morgan fingerprint density at radius 2 is 1.50 bits per heavy atom. The van der Waals surface area contributed by atoms with Crippen LogP contribution in [0.25, 0.3) is 11.1 Å². The fourth-order valence-corrected chi connectivity index (χ4v) is 5.46. The molecule has 0 aliphatic heterocycles. The molecule has 164 valence electrons. The molecule has 2 aromatic carbocycles. The second kappa shape index (κ2) is 8.41. The highest BCUT2D eigenvalue weighted by Gasteiger charge is 2.41. The third-order valence-corrected chi connectivity index (χ3v) is 11.5. The third-order valence-electron chi connectivity index (χ3n) is 7.18. The van der Waals surface area contributed by atoms with Crippen molar-refractivity contribution in [3.8, 4) is 22.6 Å². The smallest absolute Gasteiger partial charge is 0.250 e. The summed E-state index contributed by atoms with van der Waals surface area (Å²) in [6.45, 7) is 18.5. The van der Waals surface area contributed by atoms with Gasteiger partial charge < -0.3 is 9.16 Å². The first-order valence-corrected chi connectivity index (χ1v) is 14.4. The molecule has 0 radical (unpaired) electrons. The Labute approximate surface area is 185 Å². The van der Waals surface area contributed by atoms with E-state index in [1.807, 2.05) is 7.11 Å². The molecule has 0 unspecified atom stereocenters. The normalized spacial score (nSPS) is 14.6. The van der Waals surface area contributed by atoms with Crippen molar-refractivity contribution in [2.75, 3.05) is 7.11 Å². The molecule has 3 rings (SSSR count). The van der Waals surface area contributed by atoms with Gasteiger partial charge in [0.15, 0.2) is 0 Å². The van der Waals surface area contributed by atoms with Gasteiger partial charge in [0.25, 0.3) is 8.32 Å². The molecule has 3 heteroatoms. The molecule has 1 aliphatic carbocycles. The van der Waals surface area contributed by atoms with Gasteiger partial charge in [0.2, 0.25) is 0 Å². The van der Waals surface area contributed by atoms with E-state index in [0.29, 0.717) is 5.92 Å². The Kier molecular flexibility index (Phi) is 6.43. The maximum Gasteiger partial charge on any atom is 0.250 e. The number of methoxy groups -OCH3 is 1. The molecule has 2 aromatic rings. The molecule has 0 aromatic heterocycles. The maximum atomic E-state index is 7.15. The van der Waals surface area contributed by atoms with Crippen molar-refractivity contribution in [3.63, 3.8) is 0 Å². The molecule has 0 fully saturated rings. The molecule has 30 heavy (non-hydrogen) atoms. The summed E-state index contributed by atoms with van der Waals surface area (Å²) in [4.78, 5) is 0. The van der Waals surface area contributed by atoms with Crippen LogP contribution >= 0.6 is 0 Å². The van der Waals surface area contributed by atoms with Gasteiger partial charge in [0.05, 0.1) is 7.11 Å². The van der Waals surface area contributed by atoms with Crippen LogP contribution in [-0.2, 0) is 12.8 Å². The molecule has 0 atom stereocenters. The number of ether oxygens (including phenoxy) is 1. The highest BCUT2D eigenvalue weighted by atomic mass is 28.4. The van der Waals surface area contributed by atoms with E-state index < -0.39 is 8.32 Å². The molecule has 0 bridgehead atoms. The molecule has 0 spiro atoms. The van der Waals surface area contributed by atoms with Crippen LogP contribution in [0.15, 0.2) is 24.3 Å². The minimum absolute atomic E-state index is 0.150. The van der Waals surface area contributed by atoms with E-state index in [-0.39, 0.29) is 5.04 Å². The average molecular weight is 425 g/mol. The van der Waals surface area contributed by atoms with E-state index >= 15 is 0 Å². The Hall–Kier alpha value is -1.74. The summed E-state index contributed by atoms with van der Waals surface area (Å²) in [6.07, 6.45) is 4.61. The maximum absolute atomic E-state index is 7.15. The Morgan fingerprint density at radius 1 is 0.933 bits per heavy atom. The molecule has 2 nitrogen and oxygen atoms in total. The molecule has 0 amide bonds. The van der Waals surface area contributed by atoms with Crippen LogP contribution in [0.1, 0.15) is 75.6 Å². The molecule has 1 aliphatic rings. The fraction of sp³-hybridized carbons (Fsp3) is 0.556. The van der Waals surface area contributed by atoms with Gasteiger partial charge in [-0.2, -0.15) is 0 Å². The minimum Gasteiger partial charge on any atom is -0.543 e. The summed E-state index contributed by atoms with van der Waals surface area (Å²) in [5.74, 6) is 2.66. The van der Waals surface area contributed by atoms with Crippen LogP contribution in [0.4, 0.5) is 0 Å². The Bertz CT molecular complexity index is 919. The molecule has 0 saturated carbocycles. The monoisotopic (exact) mass is 424 g/mol. The predicted molar refractivity (Wildman–Crippen MR) is 132 cm³/mol. The quantitative estimate of drug-likeness (QED) is 0.452. The van der Waals surface area contributed by atoms with Crippen LogP contribution in [-0.4, -0.2) is 15.4 Å². The second-order valence-corrected chi connectivity index (χ2v) is 15.4. The third kappa shape index (κ3) is 4.06. The highest BCUT2D eigenvalue weighted by Crippen LogP contribution is 2.50. The van der Waals surface area contributed by atoms with Gasteiger partial charge in [-0.05, 0) is 67.8 Å². The lowest BCUT2D eigenvalue weighted by Crippen LogP contribution is -2.44. The first-order valence-electron chi connectivity index (χ1n) is 11.5. The number of benzene rings is 2. The van der Waals surface area contributed by atoms with Crippen molar-refractivity contribution < 1.29 is 9.16 Å². The SMILES string of the molecule is COc1c(C)c(-c2ccccc2C(C)C)c(O[Si](C)(C)C(C)(C)C)c2c1CCCC2. The lowest BCUT2D eigenvalue weighted by Gasteiger charge is -2.39.